The SMILES string of the molecule is CCCCOC(=O)C(Cc1c[nH]c2ccccc12)NC(=O)c1nc(NCCN(C)CC)n[nH]1. The molecule has 1 atom stereocenters. The zero-order valence-corrected chi connectivity index (χ0v) is 19.5. The van der Waals surface area contributed by atoms with Gasteiger partial charge in [-0.3, -0.25) is 9.89 Å². The molecule has 10 heteroatoms. The van der Waals surface area contributed by atoms with Crippen LogP contribution in [0, 0.1) is 0 Å². The molecule has 1 amide bonds. The maximum Gasteiger partial charge on any atom is 0.328 e. The molecule has 2 heterocycles. The van der Waals surface area contributed by atoms with Gasteiger partial charge in [0.15, 0.2) is 0 Å². The Hall–Kier alpha value is -3.40. The van der Waals surface area contributed by atoms with Crippen molar-refractivity contribution < 1.29 is 14.3 Å². The molecule has 4 N–H and O–H groups in total. The highest BCUT2D eigenvalue weighted by Gasteiger charge is 2.26. The predicted molar refractivity (Wildman–Crippen MR) is 127 cm³/mol. The molecule has 0 radical (unpaired) electrons. The van der Waals surface area contributed by atoms with E-state index in [0.717, 1.165) is 42.4 Å². The number of fused-ring (bicyclic) bond motifs is 1. The fraction of sp³-hybridized carbons (Fsp3) is 0.478. The maximum atomic E-state index is 12.8. The van der Waals surface area contributed by atoms with E-state index in [2.05, 4.69) is 42.6 Å². The number of aromatic amines is 2. The minimum Gasteiger partial charge on any atom is -0.464 e. The Balaban J connectivity index is 1.67. The van der Waals surface area contributed by atoms with Crippen molar-refractivity contribution in [1.82, 2.24) is 30.4 Å². The first-order chi connectivity index (χ1) is 16.0. The van der Waals surface area contributed by atoms with Gasteiger partial charge in [0, 0.05) is 36.6 Å². The van der Waals surface area contributed by atoms with E-state index in [1.54, 1.807) is 0 Å². The molecule has 0 aliphatic rings. The molecule has 33 heavy (non-hydrogen) atoms. The van der Waals surface area contributed by atoms with Gasteiger partial charge in [-0.05, 0) is 31.6 Å². The zero-order chi connectivity index (χ0) is 23.6. The van der Waals surface area contributed by atoms with Gasteiger partial charge in [-0.25, -0.2) is 4.79 Å². The molecule has 0 saturated heterocycles. The van der Waals surface area contributed by atoms with Crippen molar-refractivity contribution in [2.45, 2.75) is 39.2 Å². The molecule has 10 nitrogen and oxygen atoms in total. The number of nitrogens with one attached hydrogen (secondary N) is 4. The summed E-state index contributed by atoms with van der Waals surface area (Å²) in [5.74, 6) is -0.615. The molecule has 1 aromatic carbocycles. The van der Waals surface area contributed by atoms with Crippen LogP contribution in [0.15, 0.2) is 30.5 Å². The highest BCUT2D eigenvalue weighted by Crippen LogP contribution is 2.19. The molecule has 0 spiro atoms. The molecule has 1 unspecified atom stereocenters. The molecule has 0 aliphatic heterocycles. The van der Waals surface area contributed by atoms with E-state index in [0.29, 0.717) is 25.5 Å². The van der Waals surface area contributed by atoms with Crippen LogP contribution in [-0.2, 0) is 16.0 Å². The Labute approximate surface area is 193 Å². The van der Waals surface area contributed by atoms with Crippen molar-refractivity contribution in [3.05, 3.63) is 41.9 Å². The lowest BCUT2D eigenvalue weighted by Gasteiger charge is -2.17. The first-order valence-electron chi connectivity index (χ1n) is 11.4. The van der Waals surface area contributed by atoms with Crippen molar-refractivity contribution in [2.24, 2.45) is 0 Å². The highest BCUT2D eigenvalue weighted by atomic mass is 16.5. The van der Waals surface area contributed by atoms with Gasteiger partial charge in [-0.1, -0.05) is 38.5 Å². The van der Waals surface area contributed by atoms with Gasteiger partial charge >= 0.3 is 5.97 Å². The van der Waals surface area contributed by atoms with Crippen LogP contribution in [0.3, 0.4) is 0 Å². The van der Waals surface area contributed by atoms with Gasteiger partial charge in [0.05, 0.1) is 6.61 Å². The lowest BCUT2D eigenvalue weighted by molar-refractivity contribution is -0.146. The van der Waals surface area contributed by atoms with E-state index in [1.165, 1.54) is 0 Å². The molecule has 0 saturated carbocycles. The van der Waals surface area contributed by atoms with Crippen molar-refractivity contribution in [3.63, 3.8) is 0 Å². The van der Waals surface area contributed by atoms with Crippen LogP contribution in [0.2, 0.25) is 0 Å². The monoisotopic (exact) mass is 455 g/mol. The summed E-state index contributed by atoms with van der Waals surface area (Å²) in [5, 5.41) is 13.5. The van der Waals surface area contributed by atoms with Gasteiger partial charge in [-0.15, -0.1) is 5.10 Å². The van der Waals surface area contributed by atoms with Crippen LogP contribution in [-0.4, -0.2) is 76.3 Å². The number of nitrogens with zero attached hydrogens (tertiary/aromatic N) is 3. The molecule has 0 fully saturated rings. The van der Waals surface area contributed by atoms with Crippen molar-refractivity contribution >= 4 is 28.7 Å². The number of likely N-dealkylation sites (N-methyl/N-ethyl adjacent to an activating group) is 1. The van der Waals surface area contributed by atoms with Crippen LogP contribution in [0.4, 0.5) is 5.95 Å². The molecule has 178 valence electrons. The molecule has 0 aliphatic carbocycles. The van der Waals surface area contributed by atoms with Crippen LogP contribution in [0.1, 0.15) is 42.9 Å². The summed E-state index contributed by atoms with van der Waals surface area (Å²) in [5.41, 5.74) is 1.89. The topological polar surface area (TPSA) is 128 Å². The number of esters is 1. The Morgan fingerprint density at radius 2 is 2.06 bits per heavy atom. The van der Waals surface area contributed by atoms with Gasteiger partial charge in [0.1, 0.15) is 6.04 Å². The fourth-order valence-electron chi connectivity index (χ4n) is 3.32. The molecule has 2 aromatic heterocycles. The molecular weight excluding hydrogens is 422 g/mol. The normalized spacial score (nSPS) is 12.1. The Bertz CT molecular complexity index is 1050. The second kappa shape index (κ2) is 12.0. The minimum absolute atomic E-state index is 0.0339. The van der Waals surface area contributed by atoms with E-state index in [4.69, 9.17) is 4.74 Å². The number of H-pyrrole nitrogens is 2. The average Bonchev–Trinajstić information content (AvgIpc) is 3.46. The second-order valence-corrected chi connectivity index (χ2v) is 7.94. The fourth-order valence-corrected chi connectivity index (χ4v) is 3.32. The summed E-state index contributed by atoms with van der Waals surface area (Å²) in [4.78, 5) is 35.1. The van der Waals surface area contributed by atoms with E-state index < -0.39 is 17.9 Å². The van der Waals surface area contributed by atoms with Crippen LogP contribution in [0.25, 0.3) is 10.9 Å². The average molecular weight is 456 g/mol. The smallest absolute Gasteiger partial charge is 0.328 e. The van der Waals surface area contributed by atoms with Gasteiger partial charge in [0.2, 0.25) is 11.8 Å². The number of anilines is 1. The predicted octanol–water partition coefficient (Wildman–Crippen LogP) is 2.33. The first-order valence-corrected chi connectivity index (χ1v) is 11.4. The number of rotatable bonds is 13. The number of para-hydroxylation sites is 1. The van der Waals surface area contributed by atoms with E-state index in [1.807, 2.05) is 44.4 Å². The third-order valence-electron chi connectivity index (χ3n) is 5.45. The summed E-state index contributed by atoms with van der Waals surface area (Å²) in [7, 11) is 2.02. The van der Waals surface area contributed by atoms with E-state index in [-0.39, 0.29) is 5.82 Å². The standard InChI is InChI=1S/C23H33N7O3/c1-4-6-13-33-22(32)19(14-16-15-25-18-10-8-7-9-17(16)18)26-21(31)20-27-23(29-28-20)24-11-12-30(3)5-2/h7-10,15,19,25H,4-6,11-14H2,1-3H3,(H,26,31)(H2,24,27,28,29). The summed E-state index contributed by atoms with van der Waals surface area (Å²) >= 11 is 0. The molecule has 0 bridgehead atoms. The first kappa shape index (κ1) is 24.2. The third kappa shape index (κ3) is 6.79. The van der Waals surface area contributed by atoms with Crippen molar-refractivity contribution in [1.29, 1.82) is 0 Å². The molecular formula is C23H33N7O3. The summed E-state index contributed by atoms with van der Waals surface area (Å²) in [6.45, 7) is 6.83. The van der Waals surface area contributed by atoms with Crippen LogP contribution in [0.5, 0.6) is 0 Å². The number of carbonyl (C=O) groups excluding carboxylic acids is 2. The lowest BCUT2D eigenvalue weighted by atomic mass is 10.0. The molecule has 3 aromatic rings. The number of amides is 1. The number of carbonyl (C=O) groups is 2. The largest absolute Gasteiger partial charge is 0.464 e. The van der Waals surface area contributed by atoms with Gasteiger partial charge < -0.3 is 25.3 Å². The quantitative estimate of drug-likeness (QED) is 0.230. The number of hydrogen-bond donors (Lipinski definition) is 4. The Morgan fingerprint density at radius 1 is 1.24 bits per heavy atom. The van der Waals surface area contributed by atoms with Crippen LogP contribution >= 0.6 is 0 Å². The molecule has 3 rings (SSSR count). The Kier molecular flexibility index (Phi) is 8.82. The van der Waals surface area contributed by atoms with Crippen LogP contribution < -0.4 is 10.6 Å². The summed E-state index contributed by atoms with van der Waals surface area (Å²) < 4.78 is 5.41. The number of ether oxygens (including phenoxy) is 1. The van der Waals surface area contributed by atoms with E-state index in [9.17, 15) is 9.59 Å². The Morgan fingerprint density at radius 3 is 2.85 bits per heavy atom. The van der Waals surface area contributed by atoms with Crippen molar-refractivity contribution in [2.75, 3.05) is 38.6 Å². The lowest BCUT2D eigenvalue weighted by Crippen LogP contribution is -2.43. The number of unbranched alkanes of at least 4 members (excludes halogenated alkanes) is 1. The number of aromatic nitrogens is 4. The number of benzene rings is 1. The second-order valence-electron chi connectivity index (χ2n) is 7.94. The highest BCUT2D eigenvalue weighted by molar-refractivity contribution is 5.94. The summed E-state index contributed by atoms with van der Waals surface area (Å²) in [6, 6.07) is 6.97. The maximum absolute atomic E-state index is 12.8. The van der Waals surface area contributed by atoms with E-state index >= 15 is 0 Å². The van der Waals surface area contributed by atoms with Crippen molar-refractivity contribution in [3.8, 4) is 0 Å². The zero-order valence-electron chi connectivity index (χ0n) is 19.5. The minimum atomic E-state index is -0.853. The van der Waals surface area contributed by atoms with Gasteiger partial charge in [-0.2, -0.15) is 4.98 Å². The summed E-state index contributed by atoms with van der Waals surface area (Å²) in [6.07, 6.45) is 3.83. The van der Waals surface area contributed by atoms with Gasteiger partial charge in [0.25, 0.3) is 5.91 Å². The number of hydrogen-bond acceptors (Lipinski definition) is 7. The third-order valence-corrected chi connectivity index (χ3v) is 5.45.